The molecule has 20 heavy (non-hydrogen) atoms. The summed E-state index contributed by atoms with van der Waals surface area (Å²) < 4.78 is 36.8. The van der Waals surface area contributed by atoms with E-state index in [9.17, 15) is 23.4 Å². The van der Waals surface area contributed by atoms with Gasteiger partial charge < -0.3 is 15.5 Å². The van der Waals surface area contributed by atoms with Gasteiger partial charge in [0, 0.05) is 13.0 Å². The Kier molecular flexibility index (Phi) is 6.45. The van der Waals surface area contributed by atoms with E-state index in [1.54, 1.807) is 0 Å². The maximum Gasteiger partial charge on any atom is 0.389 e. The summed E-state index contributed by atoms with van der Waals surface area (Å²) in [6.45, 7) is 1.83. The molecule has 0 bridgehead atoms. The van der Waals surface area contributed by atoms with E-state index in [0.29, 0.717) is 6.54 Å². The molecule has 0 aliphatic rings. The van der Waals surface area contributed by atoms with Gasteiger partial charge in [-0.2, -0.15) is 13.2 Å². The lowest BCUT2D eigenvalue weighted by Crippen LogP contribution is -2.41. The van der Waals surface area contributed by atoms with Gasteiger partial charge in [-0.15, -0.1) is 0 Å². The minimum atomic E-state index is -4.23. The van der Waals surface area contributed by atoms with Crippen LogP contribution in [-0.4, -0.2) is 28.7 Å². The zero-order valence-electron chi connectivity index (χ0n) is 11.3. The van der Waals surface area contributed by atoms with Gasteiger partial charge >= 0.3 is 6.18 Å². The first-order valence-corrected chi connectivity index (χ1v) is 6.48. The summed E-state index contributed by atoms with van der Waals surface area (Å²) in [7, 11) is 0. The third-order valence-electron chi connectivity index (χ3n) is 3.01. The van der Waals surface area contributed by atoms with E-state index in [0.717, 1.165) is 5.56 Å². The number of rotatable bonds is 7. The summed E-state index contributed by atoms with van der Waals surface area (Å²) in [6.07, 6.45) is -6.80. The Morgan fingerprint density at radius 2 is 1.75 bits per heavy atom. The molecule has 2 atom stereocenters. The SMILES string of the molecule is CC(CC(NCc1ccccc1)C(O)O)CC(F)(F)F. The Morgan fingerprint density at radius 1 is 1.15 bits per heavy atom. The molecule has 114 valence electrons. The molecule has 1 aromatic carbocycles. The van der Waals surface area contributed by atoms with E-state index in [1.807, 2.05) is 30.3 Å². The molecule has 0 amide bonds. The van der Waals surface area contributed by atoms with Crippen molar-refractivity contribution >= 4 is 0 Å². The first kappa shape index (κ1) is 16.9. The van der Waals surface area contributed by atoms with Crippen LogP contribution in [0.5, 0.6) is 0 Å². The Morgan fingerprint density at radius 3 is 2.25 bits per heavy atom. The third kappa shape index (κ3) is 6.88. The fourth-order valence-corrected chi connectivity index (χ4v) is 2.07. The predicted octanol–water partition coefficient (Wildman–Crippen LogP) is 2.43. The molecule has 0 aliphatic heterocycles. The fraction of sp³-hybridized carbons (Fsp3) is 0.571. The molecular formula is C14H20F3NO2. The van der Waals surface area contributed by atoms with E-state index in [-0.39, 0.29) is 6.42 Å². The Hall–Kier alpha value is -1.11. The zero-order chi connectivity index (χ0) is 15.2. The van der Waals surface area contributed by atoms with Crippen molar-refractivity contribution in [1.82, 2.24) is 5.32 Å². The van der Waals surface area contributed by atoms with Crippen molar-refractivity contribution < 1.29 is 23.4 Å². The number of nitrogens with one attached hydrogen (secondary N) is 1. The van der Waals surface area contributed by atoms with Crippen LogP contribution in [0.15, 0.2) is 30.3 Å². The number of halogens is 3. The second-order valence-corrected chi connectivity index (χ2v) is 5.05. The Bertz CT molecular complexity index is 382. The number of hydrogen-bond donors (Lipinski definition) is 3. The van der Waals surface area contributed by atoms with Gasteiger partial charge in [0.2, 0.25) is 0 Å². The average molecular weight is 291 g/mol. The molecule has 0 spiro atoms. The van der Waals surface area contributed by atoms with Crippen LogP contribution in [0, 0.1) is 5.92 Å². The van der Waals surface area contributed by atoms with E-state index in [2.05, 4.69) is 5.32 Å². The Labute approximate surface area is 116 Å². The Balaban J connectivity index is 2.48. The van der Waals surface area contributed by atoms with Gasteiger partial charge in [-0.1, -0.05) is 37.3 Å². The van der Waals surface area contributed by atoms with Gasteiger partial charge in [0.05, 0.1) is 6.04 Å². The number of aliphatic hydroxyl groups excluding tert-OH is 1. The fourth-order valence-electron chi connectivity index (χ4n) is 2.07. The number of benzene rings is 1. The van der Waals surface area contributed by atoms with Gasteiger partial charge in [-0.3, -0.25) is 0 Å². The second-order valence-electron chi connectivity index (χ2n) is 5.05. The highest BCUT2D eigenvalue weighted by Crippen LogP contribution is 2.27. The van der Waals surface area contributed by atoms with Crippen molar-refractivity contribution in [2.24, 2.45) is 5.92 Å². The van der Waals surface area contributed by atoms with Crippen molar-refractivity contribution in [3.63, 3.8) is 0 Å². The van der Waals surface area contributed by atoms with Gasteiger partial charge in [-0.05, 0) is 17.9 Å². The monoisotopic (exact) mass is 291 g/mol. The minimum absolute atomic E-state index is 0.0456. The molecule has 2 unspecified atom stereocenters. The largest absolute Gasteiger partial charge is 0.389 e. The standard InChI is InChI=1S/C14H20F3NO2/c1-10(8-14(15,16)17)7-12(13(19)20)18-9-11-5-3-2-4-6-11/h2-6,10,12-13,18-20H,7-9H2,1H3. The first-order valence-electron chi connectivity index (χ1n) is 6.48. The van der Waals surface area contributed by atoms with Crippen LogP contribution in [-0.2, 0) is 6.54 Å². The molecule has 0 saturated carbocycles. The summed E-state index contributed by atoms with van der Waals surface area (Å²) in [4.78, 5) is 0. The lowest BCUT2D eigenvalue weighted by molar-refractivity contribution is -0.146. The van der Waals surface area contributed by atoms with E-state index in [1.165, 1.54) is 6.92 Å². The van der Waals surface area contributed by atoms with Crippen molar-refractivity contribution in [3.8, 4) is 0 Å². The first-order chi connectivity index (χ1) is 9.28. The minimum Gasteiger partial charge on any atom is -0.367 e. The number of alkyl halides is 3. The highest BCUT2D eigenvalue weighted by Gasteiger charge is 2.31. The van der Waals surface area contributed by atoms with Crippen molar-refractivity contribution in [2.75, 3.05) is 0 Å². The number of hydrogen-bond acceptors (Lipinski definition) is 3. The van der Waals surface area contributed by atoms with Crippen molar-refractivity contribution in [2.45, 2.75) is 44.8 Å². The molecule has 0 fully saturated rings. The highest BCUT2D eigenvalue weighted by atomic mass is 19.4. The molecule has 3 N–H and O–H groups in total. The topological polar surface area (TPSA) is 52.5 Å². The third-order valence-corrected chi connectivity index (χ3v) is 3.01. The van der Waals surface area contributed by atoms with Crippen LogP contribution in [0.2, 0.25) is 0 Å². The van der Waals surface area contributed by atoms with E-state index >= 15 is 0 Å². The van der Waals surface area contributed by atoms with Crippen LogP contribution < -0.4 is 5.32 Å². The smallest absolute Gasteiger partial charge is 0.367 e. The second kappa shape index (κ2) is 7.61. The van der Waals surface area contributed by atoms with Crippen LogP contribution in [0.1, 0.15) is 25.3 Å². The molecule has 0 saturated heterocycles. The summed E-state index contributed by atoms with van der Waals surface area (Å²) in [6, 6.07) is 8.46. The van der Waals surface area contributed by atoms with Crippen molar-refractivity contribution in [1.29, 1.82) is 0 Å². The quantitative estimate of drug-likeness (QED) is 0.676. The molecule has 6 heteroatoms. The molecule has 0 aliphatic carbocycles. The van der Waals surface area contributed by atoms with E-state index < -0.39 is 30.8 Å². The van der Waals surface area contributed by atoms with E-state index in [4.69, 9.17) is 0 Å². The average Bonchev–Trinajstić information content (AvgIpc) is 2.33. The summed E-state index contributed by atoms with van der Waals surface area (Å²) in [5.74, 6) is -0.676. The lowest BCUT2D eigenvalue weighted by Gasteiger charge is -2.24. The van der Waals surface area contributed by atoms with Crippen molar-refractivity contribution in [3.05, 3.63) is 35.9 Å². The maximum atomic E-state index is 12.3. The maximum absolute atomic E-state index is 12.3. The van der Waals surface area contributed by atoms with Gasteiger partial charge in [0.1, 0.15) is 0 Å². The molecule has 3 nitrogen and oxygen atoms in total. The molecular weight excluding hydrogens is 271 g/mol. The van der Waals surface area contributed by atoms with Gasteiger partial charge in [0.15, 0.2) is 6.29 Å². The molecule has 1 aromatic rings. The zero-order valence-corrected chi connectivity index (χ0v) is 11.3. The summed E-state index contributed by atoms with van der Waals surface area (Å²) >= 11 is 0. The lowest BCUT2D eigenvalue weighted by atomic mass is 9.97. The van der Waals surface area contributed by atoms with Crippen LogP contribution in [0.25, 0.3) is 0 Å². The van der Waals surface area contributed by atoms with Crippen LogP contribution in [0.4, 0.5) is 13.2 Å². The highest BCUT2D eigenvalue weighted by molar-refractivity contribution is 5.14. The normalized spacial score (nSPS) is 15.3. The molecule has 0 heterocycles. The summed E-state index contributed by atoms with van der Waals surface area (Å²) in [5.41, 5.74) is 0.932. The summed E-state index contributed by atoms with van der Waals surface area (Å²) in [5, 5.41) is 21.4. The molecule has 0 aromatic heterocycles. The predicted molar refractivity (Wildman–Crippen MR) is 69.7 cm³/mol. The number of aliphatic hydroxyl groups is 2. The molecule has 0 radical (unpaired) electrons. The van der Waals surface area contributed by atoms with Gasteiger partial charge in [-0.25, -0.2) is 0 Å². The van der Waals surface area contributed by atoms with Gasteiger partial charge in [0.25, 0.3) is 0 Å². The van der Waals surface area contributed by atoms with Crippen LogP contribution >= 0.6 is 0 Å². The molecule has 1 rings (SSSR count). The van der Waals surface area contributed by atoms with Crippen LogP contribution in [0.3, 0.4) is 0 Å².